The van der Waals surface area contributed by atoms with Gasteiger partial charge in [0.05, 0.1) is 5.92 Å². The van der Waals surface area contributed by atoms with Gasteiger partial charge in [-0.3, -0.25) is 0 Å². The van der Waals surface area contributed by atoms with E-state index in [9.17, 15) is 13.2 Å². The van der Waals surface area contributed by atoms with Gasteiger partial charge < -0.3 is 10.6 Å². The van der Waals surface area contributed by atoms with E-state index in [2.05, 4.69) is 0 Å². The predicted molar refractivity (Wildman–Crippen MR) is 70.0 cm³/mol. The van der Waals surface area contributed by atoms with Gasteiger partial charge >= 0.3 is 6.18 Å². The number of benzene rings is 1. The molecule has 0 amide bonds. The first-order valence-corrected chi connectivity index (χ1v) is 6.55. The van der Waals surface area contributed by atoms with E-state index in [1.54, 1.807) is 0 Å². The van der Waals surface area contributed by atoms with Crippen LogP contribution < -0.4 is 10.6 Å². The van der Waals surface area contributed by atoms with Gasteiger partial charge in [-0.1, -0.05) is 12.1 Å². The number of hydrogen-bond acceptors (Lipinski definition) is 2. The highest BCUT2D eigenvalue weighted by Crippen LogP contribution is 2.34. The van der Waals surface area contributed by atoms with Gasteiger partial charge in [0.15, 0.2) is 0 Å². The molecule has 0 aromatic heterocycles. The molecule has 0 bridgehead atoms. The van der Waals surface area contributed by atoms with E-state index in [1.807, 2.05) is 36.1 Å². The monoisotopic (exact) mass is 272 g/mol. The molecule has 106 valence electrons. The van der Waals surface area contributed by atoms with Crippen molar-refractivity contribution in [2.45, 2.75) is 32.0 Å². The number of piperidine rings is 1. The fourth-order valence-corrected chi connectivity index (χ4v) is 2.47. The number of hydrogen-bond donors (Lipinski definition) is 1. The van der Waals surface area contributed by atoms with Crippen molar-refractivity contribution in [1.29, 1.82) is 0 Å². The zero-order chi connectivity index (χ0) is 14.0. The van der Waals surface area contributed by atoms with Gasteiger partial charge in [-0.2, -0.15) is 13.2 Å². The number of rotatable bonds is 2. The standard InChI is InChI=1S/C14H19F3N2/c1-10(18)11-4-6-13(7-5-11)19-8-2-3-12(9-19)14(15,16)17/h4-7,10,12H,2-3,8-9,18H2,1H3/t10-,12?/m1/s1. The molecule has 0 radical (unpaired) electrons. The van der Waals surface area contributed by atoms with E-state index in [0.29, 0.717) is 13.0 Å². The Hall–Kier alpha value is -1.23. The van der Waals surface area contributed by atoms with Crippen molar-refractivity contribution in [2.75, 3.05) is 18.0 Å². The zero-order valence-electron chi connectivity index (χ0n) is 11.0. The molecule has 1 heterocycles. The maximum absolute atomic E-state index is 12.8. The van der Waals surface area contributed by atoms with E-state index >= 15 is 0 Å². The second-order valence-electron chi connectivity index (χ2n) is 5.21. The fourth-order valence-electron chi connectivity index (χ4n) is 2.47. The molecule has 1 aliphatic rings. The van der Waals surface area contributed by atoms with E-state index in [0.717, 1.165) is 11.3 Å². The molecule has 1 aromatic carbocycles. The molecule has 1 saturated heterocycles. The fraction of sp³-hybridized carbons (Fsp3) is 0.571. The van der Waals surface area contributed by atoms with Crippen molar-refractivity contribution < 1.29 is 13.2 Å². The number of alkyl halides is 3. The Bertz CT molecular complexity index is 412. The van der Waals surface area contributed by atoms with Crippen LogP contribution >= 0.6 is 0 Å². The first kappa shape index (κ1) is 14.2. The Morgan fingerprint density at radius 1 is 1.26 bits per heavy atom. The molecule has 0 aliphatic carbocycles. The van der Waals surface area contributed by atoms with Crippen molar-refractivity contribution in [3.63, 3.8) is 0 Å². The summed E-state index contributed by atoms with van der Waals surface area (Å²) in [6, 6.07) is 7.43. The lowest BCUT2D eigenvalue weighted by Gasteiger charge is -2.35. The van der Waals surface area contributed by atoms with Crippen LogP contribution in [0.3, 0.4) is 0 Å². The summed E-state index contributed by atoms with van der Waals surface area (Å²) in [5.74, 6) is -1.21. The molecule has 2 atom stereocenters. The van der Waals surface area contributed by atoms with Crippen molar-refractivity contribution >= 4 is 5.69 Å². The summed E-state index contributed by atoms with van der Waals surface area (Å²) >= 11 is 0. The van der Waals surface area contributed by atoms with Gasteiger partial charge in [0.25, 0.3) is 0 Å². The summed E-state index contributed by atoms with van der Waals surface area (Å²) in [7, 11) is 0. The molecule has 0 spiro atoms. The Labute approximate surface area is 111 Å². The number of anilines is 1. The summed E-state index contributed by atoms with van der Waals surface area (Å²) in [5.41, 5.74) is 7.60. The highest BCUT2D eigenvalue weighted by atomic mass is 19.4. The van der Waals surface area contributed by atoms with Gasteiger partial charge in [-0.15, -0.1) is 0 Å². The minimum atomic E-state index is -4.09. The van der Waals surface area contributed by atoms with Crippen LogP contribution in [0.15, 0.2) is 24.3 Å². The quantitative estimate of drug-likeness (QED) is 0.893. The molecule has 2 nitrogen and oxygen atoms in total. The Morgan fingerprint density at radius 2 is 1.89 bits per heavy atom. The normalized spacial score (nSPS) is 22.4. The second kappa shape index (κ2) is 5.41. The lowest BCUT2D eigenvalue weighted by Crippen LogP contribution is -2.41. The molecule has 1 aliphatic heterocycles. The van der Waals surface area contributed by atoms with Crippen molar-refractivity contribution in [1.82, 2.24) is 0 Å². The van der Waals surface area contributed by atoms with E-state index in [-0.39, 0.29) is 19.0 Å². The third-order valence-electron chi connectivity index (χ3n) is 3.67. The number of nitrogens with two attached hydrogens (primary N) is 1. The van der Waals surface area contributed by atoms with Crippen LogP contribution in [-0.2, 0) is 0 Å². The molecular formula is C14H19F3N2. The van der Waals surface area contributed by atoms with E-state index in [1.165, 1.54) is 0 Å². The van der Waals surface area contributed by atoms with Crippen LogP contribution in [0.2, 0.25) is 0 Å². The maximum atomic E-state index is 12.8. The Balaban J connectivity index is 2.09. The molecule has 1 fully saturated rings. The van der Waals surface area contributed by atoms with Crippen LogP contribution in [0.5, 0.6) is 0 Å². The summed E-state index contributed by atoms with van der Waals surface area (Å²) < 4.78 is 38.3. The SMILES string of the molecule is C[C@@H](N)c1ccc(N2CCCC(C(F)(F)F)C2)cc1. The number of halogens is 3. The molecule has 1 unspecified atom stereocenters. The molecule has 2 rings (SSSR count). The van der Waals surface area contributed by atoms with Crippen LogP contribution in [0, 0.1) is 5.92 Å². The third-order valence-corrected chi connectivity index (χ3v) is 3.67. The van der Waals surface area contributed by atoms with Gasteiger partial charge in [0.2, 0.25) is 0 Å². The van der Waals surface area contributed by atoms with Gasteiger partial charge in [-0.05, 0) is 37.5 Å². The summed E-state index contributed by atoms with van der Waals surface area (Å²) in [6.45, 7) is 2.63. The summed E-state index contributed by atoms with van der Waals surface area (Å²) in [5, 5.41) is 0. The highest BCUT2D eigenvalue weighted by Gasteiger charge is 2.41. The van der Waals surface area contributed by atoms with E-state index in [4.69, 9.17) is 5.73 Å². The average molecular weight is 272 g/mol. The zero-order valence-corrected chi connectivity index (χ0v) is 11.0. The van der Waals surface area contributed by atoms with E-state index < -0.39 is 12.1 Å². The molecular weight excluding hydrogens is 253 g/mol. The average Bonchev–Trinajstić information content (AvgIpc) is 2.38. The second-order valence-corrected chi connectivity index (χ2v) is 5.21. The number of nitrogens with zero attached hydrogens (tertiary/aromatic N) is 1. The minimum Gasteiger partial charge on any atom is -0.371 e. The molecule has 5 heteroatoms. The van der Waals surface area contributed by atoms with Crippen LogP contribution in [0.1, 0.15) is 31.4 Å². The minimum absolute atomic E-state index is 0.0566. The van der Waals surface area contributed by atoms with Crippen molar-refractivity contribution in [2.24, 2.45) is 11.7 Å². The predicted octanol–water partition coefficient (Wildman–Crippen LogP) is 3.49. The Morgan fingerprint density at radius 3 is 2.42 bits per heavy atom. The van der Waals surface area contributed by atoms with Crippen molar-refractivity contribution in [3.8, 4) is 0 Å². The van der Waals surface area contributed by atoms with Crippen LogP contribution in [0.4, 0.5) is 18.9 Å². The molecule has 2 N–H and O–H groups in total. The molecule has 1 aromatic rings. The first-order chi connectivity index (χ1) is 8.88. The lowest BCUT2D eigenvalue weighted by molar-refractivity contribution is -0.175. The maximum Gasteiger partial charge on any atom is 0.393 e. The lowest BCUT2D eigenvalue weighted by atomic mass is 9.97. The van der Waals surface area contributed by atoms with Gasteiger partial charge in [0, 0.05) is 24.8 Å². The topological polar surface area (TPSA) is 29.3 Å². The first-order valence-electron chi connectivity index (χ1n) is 6.55. The molecule has 19 heavy (non-hydrogen) atoms. The highest BCUT2D eigenvalue weighted by molar-refractivity contribution is 5.48. The van der Waals surface area contributed by atoms with Crippen molar-refractivity contribution in [3.05, 3.63) is 29.8 Å². The Kier molecular flexibility index (Phi) is 4.04. The van der Waals surface area contributed by atoms with Gasteiger partial charge in [0.1, 0.15) is 0 Å². The summed E-state index contributed by atoms with van der Waals surface area (Å²) in [4.78, 5) is 1.81. The van der Waals surface area contributed by atoms with Crippen LogP contribution in [-0.4, -0.2) is 19.3 Å². The van der Waals surface area contributed by atoms with Gasteiger partial charge in [-0.25, -0.2) is 0 Å². The largest absolute Gasteiger partial charge is 0.393 e. The third kappa shape index (κ3) is 3.41. The summed E-state index contributed by atoms with van der Waals surface area (Å²) in [6.07, 6.45) is -3.28. The van der Waals surface area contributed by atoms with Crippen LogP contribution in [0.25, 0.3) is 0 Å². The molecule has 0 saturated carbocycles. The smallest absolute Gasteiger partial charge is 0.371 e.